The summed E-state index contributed by atoms with van der Waals surface area (Å²) in [6, 6.07) is 10.4. The van der Waals surface area contributed by atoms with Gasteiger partial charge in [0, 0.05) is 11.0 Å². The third kappa shape index (κ3) is 3.11. The molecule has 0 aliphatic carbocycles. The third-order valence-electron chi connectivity index (χ3n) is 1.66. The van der Waals surface area contributed by atoms with E-state index in [0.29, 0.717) is 5.25 Å². The average molecular weight is 198 g/mol. The molecule has 1 aromatic carbocycles. The van der Waals surface area contributed by atoms with E-state index in [9.17, 15) is 0 Å². The second-order valence-electron chi connectivity index (χ2n) is 2.59. The smallest absolute Gasteiger partial charge is 0.0357 e. The summed E-state index contributed by atoms with van der Waals surface area (Å²) in [6.07, 6.45) is 0. The Hall–Kier alpha value is -0.0800. The maximum Gasteiger partial charge on any atom is 0.0357 e. The Balaban J connectivity index is 2.48. The van der Waals surface area contributed by atoms with Gasteiger partial charge in [-0.3, -0.25) is 0 Å². The third-order valence-corrected chi connectivity index (χ3v) is 3.37. The molecule has 0 radical (unpaired) electrons. The van der Waals surface area contributed by atoms with Gasteiger partial charge in [-0.05, 0) is 11.3 Å². The highest BCUT2D eigenvalue weighted by atomic mass is 32.2. The number of thioether (sulfide) groups is 1. The van der Waals surface area contributed by atoms with Crippen molar-refractivity contribution in [3.8, 4) is 0 Å². The van der Waals surface area contributed by atoms with E-state index in [2.05, 4.69) is 43.8 Å². The monoisotopic (exact) mass is 198 g/mol. The van der Waals surface area contributed by atoms with Gasteiger partial charge in [0.25, 0.3) is 0 Å². The number of thiol groups is 1. The predicted octanol–water partition coefficient (Wildman–Crippen LogP) is 3.41. The van der Waals surface area contributed by atoms with Crippen LogP contribution in [0.5, 0.6) is 0 Å². The number of rotatable bonds is 4. The predicted molar refractivity (Wildman–Crippen MR) is 61.2 cm³/mol. The second-order valence-corrected chi connectivity index (χ2v) is 4.53. The lowest BCUT2D eigenvalue weighted by Crippen LogP contribution is -1.93. The number of hydrogen-bond acceptors (Lipinski definition) is 2. The van der Waals surface area contributed by atoms with E-state index in [1.165, 1.54) is 11.3 Å². The molecule has 0 saturated carbocycles. The van der Waals surface area contributed by atoms with Crippen molar-refractivity contribution in [2.75, 3.05) is 11.5 Å². The number of benzene rings is 1. The van der Waals surface area contributed by atoms with Crippen LogP contribution in [0.15, 0.2) is 30.3 Å². The molecule has 0 aromatic heterocycles. The molecule has 1 rings (SSSR count). The van der Waals surface area contributed by atoms with Crippen molar-refractivity contribution in [1.82, 2.24) is 0 Å². The van der Waals surface area contributed by atoms with Crippen LogP contribution in [-0.2, 0) is 0 Å². The minimum Gasteiger partial charge on any atom is -0.170 e. The van der Waals surface area contributed by atoms with E-state index in [-0.39, 0.29) is 0 Å². The first-order valence-electron chi connectivity index (χ1n) is 4.15. The first-order chi connectivity index (χ1) is 5.84. The van der Waals surface area contributed by atoms with Gasteiger partial charge in [0.2, 0.25) is 0 Å². The van der Waals surface area contributed by atoms with Crippen LogP contribution in [-0.4, -0.2) is 11.5 Å². The van der Waals surface area contributed by atoms with Crippen LogP contribution in [0.25, 0.3) is 0 Å². The van der Waals surface area contributed by atoms with E-state index in [1.54, 1.807) is 0 Å². The van der Waals surface area contributed by atoms with Crippen molar-refractivity contribution in [2.45, 2.75) is 12.2 Å². The standard InChI is InChI=1S/C10H14S2/c1-2-12-8-10(11)9-6-4-3-5-7-9/h3-7,10-11H,2,8H2,1H3. The highest BCUT2D eigenvalue weighted by Crippen LogP contribution is 2.23. The first-order valence-corrected chi connectivity index (χ1v) is 5.82. The summed E-state index contributed by atoms with van der Waals surface area (Å²) < 4.78 is 0. The maximum atomic E-state index is 4.53. The van der Waals surface area contributed by atoms with Crippen LogP contribution in [0, 0.1) is 0 Å². The van der Waals surface area contributed by atoms with Crippen molar-refractivity contribution >= 4 is 24.4 Å². The molecule has 0 bridgehead atoms. The van der Waals surface area contributed by atoms with E-state index in [0.717, 1.165) is 5.75 Å². The lowest BCUT2D eigenvalue weighted by Gasteiger charge is -2.08. The van der Waals surface area contributed by atoms with E-state index < -0.39 is 0 Å². The van der Waals surface area contributed by atoms with Crippen molar-refractivity contribution in [3.63, 3.8) is 0 Å². The molecule has 0 nitrogen and oxygen atoms in total. The zero-order valence-corrected chi connectivity index (χ0v) is 8.94. The van der Waals surface area contributed by atoms with Gasteiger partial charge in [0.15, 0.2) is 0 Å². The van der Waals surface area contributed by atoms with Crippen molar-refractivity contribution in [3.05, 3.63) is 35.9 Å². The van der Waals surface area contributed by atoms with Crippen LogP contribution in [0.4, 0.5) is 0 Å². The van der Waals surface area contributed by atoms with Crippen molar-refractivity contribution < 1.29 is 0 Å². The van der Waals surface area contributed by atoms with Gasteiger partial charge in [-0.1, -0.05) is 37.3 Å². The fourth-order valence-electron chi connectivity index (χ4n) is 1.00. The Bertz CT molecular complexity index is 208. The fourth-order valence-corrected chi connectivity index (χ4v) is 2.14. The van der Waals surface area contributed by atoms with Gasteiger partial charge in [0.05, 0.1) is 0 Å². The summed E-state index contributed by atoms with van der Waals surface area (Å²) in [6.45, 7) is 2.18. The minimum atomic E-state index is 0.385. The average Bonchev–Trinajstić information content (AvgIpc) is 2.15. The maximum absolute atomic E-state index is 4.53. The van der Waals surface area contributed by atoms with Gasteiger partial charge >= 0.3 is 0 Å². The van der Waals surface area contributed by atoms with Crippen LogP contribution in [0.2, 0.25) is 0 Å². The molecule has 1 atom stereocenters. The summed E-state index contributed by atoms with van der Waals surface area (Å²) in [4.78, 5) is 0. The van der Waals surface area contributed by atoms with E-state index in [4.69, 9.17) is 0 Å². The molecule has 1 unspecified atom stereocenters. The fraction of sp³-hybridized carbons (Fsp3) is 0.400. The highest BCUT2D eigenvalue weighted by molar-refractivity contribution is 7.99. The molecule has 0 N–H and O–H groups in total. The topological polar surface area (TPSA) is 0 Å². The molecule has 0 amide bonds. The lowest BCUT2D eigenvalue weighted by molar-refractivity contribution is 1.13. The molecule has 1 aromatic rings. The summed E-state index contributed by atoms with van der Waals surface area (Å²) in [7, 11) is 0. The largest absolute Gasteiger partial charge is 0.170 e. The highest BCUT2D eigenvalue weighted by Gasteiger charge is 2.03. The molecule has 0 aliphatic rings. The molecule has 2 heteroatoms. The van der Waals surface area contributed by atoms with Crippen LogP contribution >= 0.6 is 24.4 Å². The van der Waals surface area contributed by atoms with E-state index in [1.807, 2.05) is 17.8 Å². The SMILES string of the molecule is CCSCC(S)c1ccccc1. The quantitative estimate of drug-likeness (QED) is 0.723. The minimum absolute atomic E-state index is 0.385. The van der Waals surface area contributed by atoms with Gasteiger partial charge in [-0.2, -0.15) is 24.4 Å². The van der Waals surface area contributed by atoms with Gasteiger partial charge < -0.3 is 0 Å². The Morgan fingerprint density at radius 3 is 2.58 bits per heavy atom. The summed E-state index contributed by atoms with van der Waals surface area (Å²) >= 11 is 6.47. The lowest BCUT2D eigenvalue weighted by atomic mass is 10.2. The Morgan fingerprint density at radius 2 is 2.00 bits per heavy atom. The first kappa shape index (κ1) is 10.0. The van der Waals surface area contributed by atoms with Crippen molar-refractivity contribution in [2.24, 2.45) is 0 Å². The summed E-state index contributed by atoms with van der Waals surface area (Å²) in [5, 5.41) is 0.385. The molecule has 0 aliphatic heterocycles. The van der Waals surface area contributed by atoms with Gasteiger partial charge in [-0.25, -0.2) is 0 Å². The second kappa shape index (κ2) is 5.55. The van der Waals surface area contributed by atoms with Crippen molar-refractivity contribution in [1.29, 1.82) is 0 Å². The number of hydrogen-bond donors (Lipinski definition) is 1. The normalized spacial score (nSPS) is 12.8. The molecular weight excluding hydrogens is 184 g/mol. The summed E-state index contributed by atoms with van der Waals surface area (Å²) in [5.74, 6) is 2.27. The molecule has 0 saturated heterocycles. The van der Waals surface area contributed by atoms with Gasteiger partial charge in [0.1, 0.15) is 0 Å². The molecule has 0 fully saturated rings. The zero-order valence-electron chi connectivity index (χ0n) is 7.23. The Morgan fingerprint density at radius 1 is 1.33 bits per heavy atom. The van der Waals surface area contributed by atoms with Gasteiger partial charge in [-0.15, -0.1) is 0 Å². The molecule has 0 spiro atoms. The Kier molecular flexibility index (Phi) is 4.62. The van der Waals surface area contributed by atoms with E-state index >= 15 is 0 Å². The van der Waals surface area contributed by atoms with Crippen LogP contribution < -0.4 is 0 Å². The molecule has 12 heavy (non-hydrogen) atoms. The Labute approximate surface area is 84.2 Å². The zero-order chi connectivity index (χ0) is 8.81. The molecule has 66 valence electrons. The van der Waals surface area contributed by atoms with Crippen LogP contribution in [0.3, 0.4) is 0 Å². The molecule has 0 heterocycles. The van der Waals surface area contributed by atoms with Crippen LogP contribution in [0.1, 0.15) is 17.7 Å². The summed E-state index contributed by atoms with van der Waals surface area (Å²) in [5.41, 5.74) is 1.32. The molecular formula is C10H14S2.